The molecule has 0 fully saturated rings. The zero-order valence-electron chi connectivity index (χ0n) is 16.1. The van der Waals surface area contributed by atoms with Crippen molar-refractivity contribution in [3.63, 3.8) is 0 Å². The second kappa shape index (κ2) is 6.97. The van der Waals surface area contributed by atoms with Crippen molar-refractivity contribution in [2.24, 2.45) is 0 Å². The standard InChI is InChI=1S/C23H18N4OS/c1-13-9-10-18(14(2)11-13)24-19(28)12-29-23-25-21-16-7-3-5-15-6-4-8-17(20(15)16)22(21)26-27-23/h3-11H,12H2,1-2H3,(H,24,28). The topological polar surface area (TPSA) is 67.8 Å². The molecule has 1 aliphatic rings. The summed E-state index contributed by atoms with van der Waals surface area (Å²) in [7, 11) is 0. The summed E-state index contributed by atoms with van der Waals surface area (Å²) in [5, 5.41) is 14.5. The summed E-state index contributed by atoms with van der Waals surface area (Å²) in [4.78, 5) is 17.1. The van der Waals surface area contributed by atoms with Crippen molar-refractivity contribution in [3.05, 3.63) is 65.7 Å². The molecule has 5 rings (SSSR count). The molecule has 1 amide bonds. The molecule has 0 unspecified atom stereocenters. The van der Waals surface area contributed by atoms with Crippen LogP contribution >= 0.6 is 11.8 Å². The Kier molecular flexibility index (Phi) is 4.28. The Morgan fingerprint density at radius 1 is 0.966 bits per heavy atom. The Morgan fingerprint density at radius 3 is 2.48 bits per heavy atom. The van der Waals surface area contributed by atoms with Gasteiger partial charge >= 0.3 is 0 Å². The van der Waals surface area contributed by atoms with Crippen molar-refractivity contribution in [2.45, 2.75) is 19.0 Å². The number of nitrogens with one attached hydrogen (secondary N) is 1. The van der Waals surface area contributed by atoms with Gasteiger partial charge in [-0.15, -0.1) is 10.2 Å². The van der Waals surface area contributed by atoms with Crippen LogP contribution in [0.1, 0.15) is 11.1 Å². The van der Waals surface area contributed by atoms with Crippen LogP contribution < -0.4 is 5.32 Å². The van der Waals surface area contributed by atoms with Gasteiger partial charge in [-0.25, -0.2) is 4.98 Å². The Balaban J connectivity index is 1.36. The van der Waals surface area contributed by atoms with Crippen molar-refractivity contribution in [3.8, 4) is 22.5 Å². The highest BCUT2D eigenvalue weighted by Crippen LogP contribution is 2.44. The number of rotatable bonds is 4. The maximum absolute atomic E-state index is 12.4. The monoisotopic (exact) mass is 398 g/mol. The highest BCUT2D eigenvalue weighted by molar-refractivity contribution is 7.99. The maximum atomic E-state index is 12.4. The lowest BCUT2D eigenvalue weighted by molar-refractivity contribution is -0.113. The summed E-state index contributed by atoms with van der Waals surface area (Å²) >= 11 is 1.29. The zero-order valence-corrected chi connectivity index (χ0v) is 16.9. The average molecular weight is 398 g/mol. The number of aryl methyl sites for hydroxylation is 2. The average Bonchev–Trinajstić information content (AvgIpc) is 3.04. The Morgan fingerprint density at radius 2 is 1.72 bits per heavy atom. The first-order chi connectivity index (χ1) is 14.1. The van der Waals surface area contributed by atoms with Gasteiger partial charge in [-0.2, -0.15) is 0 Å². The van der Waals surface area contributed by atoms with Crippen LogP contribution in [0.15, 0.2) is 59.8 Å². The molecule has 0 saturated heterocycles. The van der Waals surface area contributed by atoms with E-state index < -0.39 is 0 Å². The molecule has 0 radical (unpaired) electrons. The number of anilines is 1. The van der Waals surface area contributed by atoms with Crippen LogP contribution in [0.5, 0.6) is 0 Å². The smallest absolute Gasteiger partial charge is 0.234 e. The molecule has 0 spiro atoms. The Hall–Kier alpha value is -3.25. The third-order valence-electron chi connectivity index (χ3n) is 5.07. The van der Waals surface area contributed by atoms with Gasteiger partial charge in [-0.3, -0.25) is 4.79 Å². The fourth-order valence-electron chi connectivity index (χ4n) is 3.75. The van der Waals surface area contributed by atoms with E-state index in [-0.39, 0.29) is 11.7 Å². The largest absolute Gasteiger partial charge is 0.325 e. The van der Waals surface area contributed by atoms with Gasteiger partial charge in [0.1, 0.15) is 11.4 Å². The summed E-state index contributed by atoms with van der Waals surface area (Å²) in [5.74, 6) is 0.140. The lowest BCUT2D eigenvalue weighted by Gasteiger charge is -2.09. The number of nitrogens with zero attached hydrogens (tertiary/aromatic N) is 3. The van der Waals surface area contributed by atoms with Crippen LogP contribution in [-0.4, -0.2) is 26.8 Å². The van der Waals surface area contributed by atoms with Crippen molar-refractivity contribution in [2.75, 3.05) is 11.1 Å². The molecule has 29 heavy (non-hydrogen) atoms. The minimum absolute atomic E-state index is 0.0866. The van der Waals surface area contributed by atoms with E-state index >= 15 is 0 Å². The first-order valence-electron chi connectivity index (χ1n) is 9.37. The predicted octanol–water partition coefficient (Wildman–Crippen LogP) is 5.02. The number of aromatic nitrogens is 3. The second-order valence-corrected chi connectivity index (χ2v) is 8.10. The summed E-state index contributed by atoms with van der Waals surface area (Å²) in [6.07, 6.45) is 0. The van der Waals surface area contributed by atoms with Gasteiger partial charge in [-0.1, -0.05) is 65.9 Å². The third kappa shape index (κ3) is 3.15. The molecule has 3 aromatic carbocycles. The molecule has 5 nitrogen and oxygen atoms in total. The summed E-state index contributed by atoms with van der Waals surface area (Å²) < 4.78 is 0. The lowest BCUT2D eigenvalue weighted by atomic mass is 10.0. The number of hydrogen-bond donors (Lipinski definition) is 1. The highest BCUT2D eigenvalue weighted by Gasteiger charge is 2.25. The van der Waals surface area contributed by atoms with Crippen LogP contribution in [-0.2, 0) is 4.79 Å². The number of hydrogen-bond acceptors (Lipinski definition) is 5. The van der Waals surface area contributed by atoms with Crippen molar-refractivity contribution >= 4 is 34.1 Å². The number of carbonyl (C=O) groups excluding carboxylic acids is 1. The van der Waals surface area contributed by atoms with Gasteiger partial charge in [0.15, 0.2) is 0 Å². The molecular formula is C23H18N4OS. The second-order valence-electron chi connectivity index (χ2n) is 7.16. The van der Waals surface area contributed by atoms with E-state index in [1.807, 2.05) is 38.1 Å². The van der Waals surface area contributed by atoms with Gasteiger partial charge < -0.3 is 5.32 Å². The van der Waals surface area contributed by atoms with E-state index in [0.717, 1.165) is 33.8 Å². The number of fused-ring (bicyclic) bond motifs is 3. The van der Waals surface area contributed by atoms with Crippen LogP contribution in [0.25, 0.3) is 33.3 Å². The Bertz CT molecular complexity index is 1280. The molecular weight excluding hydrogens is 380 g/mol. The van der Waals surface area contributed by atoms with Crippen molar-refractivity contribution < 1.29 is 4.79 Å². The molecule has 0 aliphatic heterocycles. The van der Waals surface area contributed by atoms with E-state index in [1.54, 1.807) is 0 Å². The van der Waals surface area contributed by atoms with E-state index in [4.69, 9.17) is 4.98 Å². The molecule has 1 aromatic heterocycles. The molecule has 0 atom stereocenters. The van der Waals surface area contributed by atoms with Gasteiger partial charge in [0.2, 0.25) is 11.1 Å². The predicted molar refractivity (Wildman–Crippen MR) is 117 cm³/mol. The molecule has 1 heterocycles. The minimum Gasteiger partial charge on any atom is -0.325 e. The molecule has 142 valence electrons. The minimum atomic E-state index is -0.0866. The first kappa shape index (κ1) is 17.8. The molecule has 0 saturated carbocycles. The van der Waals surface area contributed by atoms with Gasteiger partial charge in [0.25, 0.3) is 0 Å². The molecule has 1 N–H and O–H groups in total. The van der Waals surface area contributed by atoms with E-state index in [1.165, 1.54) is 28.1 Å². The maximum Gasteiger partial charge on any atom is 0.234 e. The molecule has 6 heteroatoms. The molecule has 1 aliphatic carbocycles. The highest BCUT2D eigenvalue weighted by atomic mass is 32.2. The Labute approximate surface area is 172 Å². The number of amides is 1. The normalized spacial score (nSPS) is 11.5. The summed E-state index contributed by atoms with van der Waals surface area (Å²) in [6.45, 7) is 4.02. The van der Waals surface area contributed by atoms with E-state index in [0.29, 0.717) is 5.16 Å². The zero-order chi connectivity index (χ0) is 20.0. The molecule has 0 bridgehead atoms. The summed E-state index contributed by atoms with van der Waals surface area (Å²) in [5.41, 5.74) is 6.83. The van der Waals surface area contributed by atoms with Gasteiger partial charge in [-0.05, 0) is 30.9 Å². The molecule has 4 aromatic rings. The van der Waals surface area contributed by atoms with Crippen LogP contribution in [0.4, 0.5) is 5.69 Å². The van der Waals surface area contributed by atoms with Crippen molar-refractivity contribution in [1.29, 1.82) is 0 Å². The van der Waals surface area contributed by atoms with Crippen LogP contribution in [0.2, 0.25) is 0 Å². The SMILES string of the molecule is Cc1ccc(NC(=O)CSc2nnc3c(n2)-c2cccc4cccc-3c24)c(C)c1. The number of carbonyl (C=O) groups is 1. The van der Waals surface area contributed by atoms with Gasteiger partial charge in [0, 0.05) is 22.2 Å². The fraction of sp³-hybridized carbons (Fsp3) is 0.130. The van der Waals surface area contributed by atoms with Crippen LogP contribution in [0.3, 0.4) is 0 Å². The first-order valence-corrected chi connectivity index (χ1v) is 10.4. The van der Waals surface area contributed by atoms with E-state index in [9.17, 15) is 4.79 Å². The van der Waals surface area contributed by atoms with Crippen molar-refractivity contribution in [1.82, 2.24) is 15.2 Å². The number of thioether (sulfide) groups is 1. The third-order valence-corrected chi connectivity index (χ3v) is 5.91. The van der Waals surface area contributed by atoms with E-state index in [2.05, 4.69) is 45.8 Å². The van der Waals surface area contributed by atoms with Crippen LogP contribution in [0, 0.1) is 13.8 Å². The fourth-order valence-corrected chi connectivity index (χ4v) is 4.33. The quantitative estimate of drug-likeness (QED) is 0.431. The lowest BCUT2D eigenvalue weighted by Crippen LogP contribution is -2.15. The van der Waals surface area contributed by atoms with Gasteiger partial charge in [0.05, 0.1) is 5.75 Å². The summed E-state index contributed by atoms with van der Waals surface area (Å²) in [6, 6.07) is 18.3. The number of benzene rings is 3.